The number of hydrogen-bond donors (Lipinski definition) is 17. The summed E-state index contributed by atoms with van der Waals surface area (Å²) in [5.41, 5.74) is 0. The lowest BCUT2D eigenvalue weighted by Crippen LogP contribution is -2.69. The lowest BCUT2D eigenvalue weighted by molar-refractivity contribution is -0.386. The number of hydrogen-bond acceptors (Lipinski definition) is 26. The van der Waals surface area contributed by atoms with Gasteiger partial charge in [-0.3, -0.25) is 4.79 Å². The van der Waals surface area contributed by atoms with Crippen molar-refractivity contribution in [2.45, 2.75) is 160 Å². The molecule has 5 saturated heterocycles. The van der Waals surface area contributed by atoms with Crippen molar-refractivity contribution in [2.24, 2.45) is 0 Å². The van der Waals surface area contributed by atoms with E-state index in [0.29, 0.717) is 0 Å². The molecule has 27 heteroatoms. The average Bonchev–Trinajstić information content (AvgIpc) is 3.21. The molecule has 27 nitrogen and oxygen atoms in total. The molecule has 25 atom stereocenters. The predicted octanol–water partition coefficient (Wildman–Crippen LogP) is -11.8. The zero-order chi connectivity index (χ0) is 43.6. The monoisotopic (exact) mass is 869 g/mol. The maximum Gasteiger partial charge on any atom is 0.217 e. The molecule has 0 spiro atoms. The van der Waals surface area contributed by atoms with Gasteiger partial charge in [-0.15, -0.1) is 0 Å². The second-order valence-electron chi connectivity index (χ2n) is 14.8. The average molecular weight is 870 g/mol. The lowest BCUT2D eigenvalue weighted by atomic mass is 9.95. The first-order valence-electron chi connectivity index (χ1n) is 18.6. The molecule has 0 aromatic rings. The number of ether oxygens (including phenoxy) is 9. The van der Waals surface area contributed by atoms with Crippen LogP contribution >= 0.6 is 0 Å². The molecular weight excluding hydrogens is 814 g/mol. The molecule has 344 valence electrons. The molecule has 1 amide bonds. The molecule has 0 aromatic heterocycles. The normalized spacial score (nSPS) is 51.0. The van der Waals surface area contributed by atoms with Gasteiger partial charge in [0.15, 0.2) is 31.5 Å². The minimum absolute atomic E-state index is 0.717. The highest BCUT2D eigenvalue weighted by Gasteiger charge is 2.55. The summed E-state index contributed by atoms with van der Waals surface area (Å²) in [6.45, 7) is -3.06. The van der Waals surface area contributed by atoms with Crippen LogP contribution in [0.1, 0.15) is 6.92 Å². The molecule has 5 aliphatic heterocycles. The predicted molar refractivity (Wildman–Crippen MR) is 178 cm³/mol. The van der Waals surface area contributed by atoms with Gasteiger partial charge in [-0.05, 0) is 0 Å². The first-order chi connectivity index (χ1) is 27.8. The van der Waals surface area contributed by atoms with Crippen LogP contribution in [0.25, 0.3) is 0 Å². The quantitative estimate of drug-likeness (QED) is 0.0770. The summed E-state index contributed by atoms with van der Waals surface area (Å²) in [4.78, 5) is 12.1. The standard InChI is InChI=1S/C32H55NO26/c1-7(37)33-13-26(18(42)10(4-36)53-28(13)50)58-32-27(59-31-25(49)20(44)15(39)9(3-35)55-31)22(46)17(41)12(57-32)6-52-30-24(48)21(45)16(40)11(56-30)5-51-29-23(47)19(43)14(38)8(2-34)54-29/h8-32,34-36,38-50H,2-6H2,1H3,(H,33,37)/t8-,9-,10-,11-,12-,13-,14+,15-,16+,17-,18+,19+,20+,21+,22+,23-,24-,25-,26-,27-,28?,29-,30+,31-,32+/m1/s1. The second-order valence-corrected chi connectivity index (χ2v) is 14.8. The molecule has 17 N–H and O–H groups in total. The van der Waals surface area contributed by atoms with Crippen LogP contribution in [0.3, 0.4) is 0 Å². The Labute approximate surface area is 333 Å². The fourth-order valence-corrected chi connectivity index (χ4v) is 7.20. The van der Waals surface area contributed by atoms with Crippen molar-refractivity contribution >= 4 is 5.91 Å². The van der Waals surface area contributed by atoms with Gasteiger partial charge in [0, 0.05) is 6.92 Å². The Morgan fingerprint density at radius 2 is 0.814 bits per heavy atom. The highest BCUT2D eigenvalue weighted by Crippen LogP contribution is 2.34. The maximum atomic E-state index is 12.1. The van der Waals surface area contributed by atoms with Crippen LogP contribution in [0.5, 0.6) is 0 Å². The van der Waals surface area contributed by atoms with Gasteiger partial charge in [0.25, 0.3) is 0 Å². The van der Waals surface area contributed by atoms with Gasteiger partial charge in [0.1, 0.15) is 122 Å². The number of rotatable bonds is 14. The van der Waals surface area contributed by atoms with E-state index in [1.165, 1.54) is 0 Å². The fraction of sp³-hybridized carbons (Fsp3) is 0.969. The van der Waals surface area contributed by atoms with E-state index in [4.69, 9.17) is 42.6 Å². The highest BCUT2D eigenvalue weighted by atomic mass is 16.8. The Hall–Kier alpha value is -1.53. The fourth-order valence-electron chi connectivity index (χ4n) is 7.20. The SMILES string of the molecule is CC(=O)N[C@H]1C(O)O[C@H](CO)[C@H](O)[C@@H]1O[C@@H]1O[C@H](CO[C@H]2O[C@H](CO[C@@H]3O[C@H](CO)[C@H](O)[C@H](O)[C@H]3O)[C@H](O)[C@H](O)[C@H]2O)[C@@H](O)[C@H](O)[C@H]1O[C@H]1O[C@H](CO)[C@@H](O)[C@H](O)[C@H]1O. The Kier molecular flexibility index (Phi) is 17.1. The molecule has 59 heavy (non-hydrogen) atoms. The van der Waals surface area contributed by atoms with Crippen molar-refractivity contribution in [3.8, 4) is 0 Å². The first-order valence-corrected chi connectivity index (χ1v) is 18.6. The zero-order valence-electron chi connectivity index (χ0n) is 31.2. The van der Waals surface area contributed by atoms with Crippen LogP contribution in [-0.2, 0) is 47.4 Å². The molecule has 5 aliphatic rings. The third-order valence-corrected chi connectivity index (χ3v) is 10.7. The van der Waals surface area contributed by atoms with Gasteiger partial charge >= 0.3 is 0 Å². The third kappa shape index (κ3) is 10.5. The summed E-state index contributed by atoms with van der Waals surface area (Å²) in [6, 6.07) is -1.60. The van der Waals surface area contributed by atoms with E-state index in [1.54, 1.807) is 0 Å². The van der Waals surface area contributed by atoms with Crippen molar-refractivity contribution in [1.82, 2.24) is 5.32 Å². The minimum Gasteiger partial charge on any atom is -0.394 e. The van der Waals surface area contributed by atoms with Gasteiger partial charge in [-0.2, -0.15) is 0 Å². The van der Waals surface area contributed by atoms with Crippen molar-refractivity contribution in [3.63, 3.8) is 0 Å². The van der Waals surface area contributed by atoms with Crippen LogP contribution in [0.2, 0.25) is 0 Å². The van der Waals surface area contributed by atoms with E-state index in [1.807, 2.05) is 0 Å². The van der Waals surface area contributed by atoms with E-state index in [9.17, 15) is 86.5 Å². The maximum absolute atomic E-state index is 12.1. The molecule has 0 aliphatic carbocycles. The second kappa shape index (κ2) is 20.8. The van der Waals surface area contributed by atoms with Crippen LogP contribution in [0, 0.1) is 0 Å². The van der Waals surface area contributed by atoms with Gasteiger partial charge in [0.05, 0.1) is 33.0 Å². The van der Waals surface area contributed by atoms with Crippen LogP contribution in [-0.4, -0.2) is 274 Å². The molecule has 0 bridgehead atoms. The van der Waals surface area contributed by atoms with Crippen LogP contribution < -0.4 is 5.32 Å². The summed E-state index contributed by atoms with van der Waals surface area (Å²) < 4.78 is 49.9. The lowest BCUT2D eigenvalue weighted by Gasteiger charge is -2.49. The molecule has 5 heterocycles. The molecule has 1 unspecified atom stereocenters. The van der Waals surface area contributed by atoms with Crippen LogP contribution in [0.4, 0.5) is 0 Å². The third-order valence-electron chi connectivity index (χ3n) is 10.7. The molecule has 5 fully saturated rings. The number of carbonyl (C=O) groups is 1. The number of amides is 1. The molecule has 0 aromatic carbocycles. The van der Waals surface area contributed by atoms with Crippen molar-refractivity contribution in [2.75, 3.05) is 33.0 Å². The topological polar surface area (TPSA) is 436 Å². The Bertz CT molecular complexity index is 1320. The Balaban J connectivity index is 1.34. The molecule has 0 radical (unpaired) electrons. The Morgan fingerprint density at radius 3 is 1.29 bits per heavy atom. The van der Waals surface area contributed by atoms with E-state index in [0.717, 1.165) is 6.92 Å². The summed E-state index contributed by atoms with van der Waals surface area (Å²) in [5, 5.41) is 169. The van der Waals surface area contributed by atoms with Crippen LogP contribution in [0.15, 0.2) is 0 Å². The number of aliphatic hydroxyl groups excluding tert-OH is 16. The molecule has 5 rings (SSSR count). The van der Waals surface area contributed by atoms with Crippen molar-refractivity contribution in [1.29, 1.82) is 0 Å². The number of carbonyl (C=O) groups excluding carboxylic acids is 1. The largest absolute Gasteiger partial charge is 0.394 e. The molecule has 0 saturated carbocycles. The van der Waals surface area contributed by atoms with E-state index < -0.39 is 192 Å². The van der Waals surface area contributed by atoms with E-state index in [2.05, 4.69) is 5.32 Å². The van der Waals surface area contributed by atoms with E-state index in [-0.39, 0.29) is 0 Å². The summed E-state index contributed by atoms with van der Waals surface area (Å²) in [6.07, 6.45) is -44.0. The van der Waals surface area contributed by atoms with Gasteiger partial charge in [0.2, 0.25) is 5.91 Å². The Morgan fingerprint density at radius 1 is 0.441 bits per heavy atom. The highest BCUT2D eigenvalue weighted by molar-refractivity contribution is 5.73. The number of aliphatic hydroxyl groups is 16. The van der Waals surface area contributed by atoms with Gasteiger partial charge in [-0.25, -0.2) is 0 Å². The van der Waals surface area contributed by atoms with Gasteiger partial charge in [-0.1, -0.05) is 0 Å². The smallest absolute Gasteiger partial charge is 0.217 e. The first kappa shape index (κ1) is 48.5. The van der Waals surface area contributed by atoms with Gasteiger partial charge < -0.3 is 130 Å². The summed E-state index contributed by atoms with van der Waals surface area (Å²) in [5.74, 6) is -0.753. The minimum atomic E-state index is -2.14. The van der Waals surface area contributed by atoms with E-state index >= 15 is 0 Å². The number of nitrogens with one attached hydrogen (secondary N) is 1. The van der Waals surface area contributed by atoms with Crippen molar-refractivity contribution in [3.05, 3.63) is 0 Å². The van der Waals surface area contributed by atoms with Crippen molar-refractivity contribution < 1.29 is 129 Å². The molecular formula is C32H55NO26. The zero-order valence-corrected chi connectivity index (χ0v) is 31.2. The summed E-state index contributed by atoms with van der Waals surface area (Å²) >= 11 is 0. The summed E-state index contributed by atoms with van der Waals surface area (Å²) in [7, 11) is 0.